The lowest BCUT2D eigenvalue weighted by atomic mass is 10.1. The molecule has 0 unspecified atom stereocenters. The molecule has 1 aromatic rings. The minimum atomic E-state index is -4.63. The minimum absolute atomic E-state index is 0.348. The number of nitrogens with zero attached hydrogens (tertiary/aromatic N) is 2. The zero-order valence-electron chi connectivity index (χ0n) is 14.3. The van der Waals surface area contributed by atoms with Crippen LogP contribution in [0.3, 0.4) is 0 Å². The fraction of sp³-hybridized carbons (Fsp3) is 0.412. The Morgan fingerprint density at radius 3 is 2.58 bits per heavy atom. The summed E-state index contributed by atoms with van der Waals surface area (Å²) in [5.41, 5.74) is -0.871. The van der Waals surface area contributed by atoms with E-state index in [1.54, 1.807) is 4.90 Å². The molecule has 0 radical (unpaired) electrons. The van der Waals surface area contributed by atoms with E-state index >= 15 is 0 Å². The molecule has 1 N–H and O–H groups in total. The van der Waals surface area contributed by atoms with E-state index in [4.69, 9.17) is 4.74 Å². The van der Waals surface area contributed by atoms with Gasteiger partial charge in [0.1, 0.15) is 0 Å². The highest BCUT2D eigenvalue weighted by molar-refractivity contribution is 5.97. The van der Waals surface area contributed by atoms with Crippen molar-refractivity contribution in [3.05, 3.63) is 36.4 Å². The van der Waals surface area contributed by atoms with Crippen molar-refractivity contribution in [1.82, 2.24) is 4.90 Å². The predicted molar refractivity (Wildman–Crippen MR) is 90.9 cm³/mol. The van der Waals surface area contributed by atoms with Gasteiger partial charge in [0.05, 0.1) is 31.0 Å². The van der Waals surface area contributed by atoms with Gasteiger partial charge in [-0.25, -0.2) is 0 Å². The smallest absolute Gasteiger partial charge is 0.378 e. The third-order valence-electron chi connectivity index (χ3n) is 3.89. The predicted octanol–water partition coefficient (Wildman–Crippen LogP) is 2.12. The molecule has 0 saturated carbocycles. The number of amides is 2. The van der Waals surface area contributed by atoms with Gasteiger partial charge >= 0.3 is 6.18 Å². The summed E-state index contributed by atoms with van der Waals surface area (Å²) in [7, 11) is 1.36. The molecule has 2 rings (SSSR count). The summed E-state index contributed by atoms with van der Waals surface area (Å²) in [6.45, 7) is 4.80. The topological polar surface area (TPSA) is 61.9 Å². The summed E-state index contributed by atoms with van der Waals surface area (Å²) in [6, 6.07) is 3.76. The molecule has 2 amide bonds. The summed E-state index contributed by atoms with van der Waals surface area (Å²) in [5, 5.41) is 2.23. The number of likely N-dealkylation sites (N-methyl/N-ethyl adjacent to an activating group) is 1. The van der Waals surface area contributed by atoms with Crippen LogP contribution in [0, 0.1) is 0 Å². The van der Waals surface area contributed by atoms with E-state index in [1.165, 1.54) is 19.2 Å². The lowest BCUT2D eigenvalue weighted by molar-refractivity contribution is -0.137. The molecule has 0 atom stereocenters. The van der Waals surface area contributed by atoms with E-state index in [0.29, 0.717) is 32.0 Å². The monoisotopic (exact) mass is 371 g/mol. The van der Waals surface area contributed by atoms with Gasteiger partial charge in [0, 0.05) is 25.8 Å². The zero-order valence-corrected chi connectivity index (χ0v) is 14.3. The Kier molecular flexibility index (Phi) is 6.25. The molecule has 0 aromatic heterocycles. The number of rotatable bonds is 5. The number of anilines is 2. The Bertz CT molecular complexity index is 686. The van der Waals surface area contributed by atoms with Gasteiger partial charge < -0.3 is 19.9 Å². The average molecular weight is 371 g/mol. The van der Waals surface area contributed by atoms with Gasteiger partial charge in [-0.15, -0.1) is 0 Å². The summed E-state index contributed by atoms with van der Waals surface area (Å²) in [4.78, 5) is 26.2. The molecule has 9 heteroatoms. The third kappa shape index (κ3) is 4.98. The van der Waals surface area contributed by atoms with Crippen molar-refractivity contribution in [3.8, 4) is 0 Å². The summed E-state index contributed by atoms with van der Waals surface area (Å²) >= 11 is 0. The highest BCUT2D eigenvalue weighted by atomic mass is 19.4. The van der Waals surface area contributed by atoms with E-state index in [0.717, 1.165) is 17.0 Å². The Morgan fingerprint density at radius 1 is 1.35 bits per heavy atom. The number of benzene rings is 1. The number of hydrogen-bond acceptors (Lipinski definition) is 4. The molecule has 1 saturated heterocycles. The van der Waals surface area contributed by atoms with Crippen LogP contribution < -0.4 is 10.2 Å². The first-order chi connectivity index (χ1) is 12.2. The zero-order chi connectivity index (χ0) is 19.3. The first-order valence-corrected chi connectivity index (χ1v) is 7.93. The molecule has 0 bridgehead atoms. The summed E-state index contributed by atoms with van der Waals surface area (Å²) in [5.74, 6) is -1.23. The quantitative estimate of drug-likeness (QED) is 0.806. The van der Waals surface area contributed by atoms with Crippen LogP contribution in [0.2, 0.25) is 0 Å². The second-order valence-electron chi connectivity index (χ2n) is 5.77. The van der Waals surface area contributed by atoms with Crippen LogP contribution in [0.5, 0.6) is 0 Å². The third-order valence-corrected chi connectivity index (χ3v) is 3.89. The van der Waals surface area contributed by atoms with E-state index < -0.39 is 23.6 Å². The first kappa shape index (κ1) is 19.8. The van der Waals surface area contributed by atoms with Crippen molar-refractivity contribution >= 4 is 23.2 Å². The first-order valence-electron chi connectivity index (χ1n) is 7.93. The Hall–Kier alpha value is -2.55. The minimum Gasteiger partial charge on any atom is -0.378 e. The van der Waals surface area contributed by atoms with Crippen molar-refractivity contribution in [2.75, 3.05) is 50.1 Å². The lowest BCUT2D eigenvalue weighted by Gasteiger charge is -2.29. The number of carbonyl (C=O) groups excluding carboxylic acids is 2. The molecule has 6 nitrogen and oxygen atoms in total. The van der Waals surface area contributed by atoms with Crippen LogP contribution in [0.25, 0.3) is 0 Å². The molecule has 1 fully saturated rings. The molecular weight excluding hydrogens is 351 g/mol. The molecule has 1 aromatic carbocycles. The number of alkyl halides is 3. The van der Waals surface area contributed by atoms with E-state index in [2.05, 4.69) is 11.9 Å². The fourth-order valence-electron chi connectivity index (χ4n) is 2.53. The van der Waals surface area contributed by atoms with Gasteiger partial charge in [0.15, 0.2) is 0 Å². The number of morpholine rings is 1. The van der Waals surface area contributed by atoms with Crippen molar-refractivity contribution < 1.29 is 27.5 Å². The Balaban J connectivity index is 2.20. The highest BCUT2D eigenvalue weighted by Gasteiger charge is 2.35. The number of ether oxygens (including phenoxy) is 1. The molecule has 1 aliphatic rings. The number of hydrogen-bond donors (Lipinski definition) is 1. The van der Waals surface area contributed by atoms with Gasteiger partial charge in [0.2, 0.25) is 11.8 Å². The van der Waals surface area contributed by atoms with Crippen molar-refractivity contribution in [3.63, 3.8) is 0 Å². The van der Waals surface area contributed by atoms with Crippen LogP contribution in [-0.4, -0.2) is 56.6 Å². The van der Waals surface area contributed by atoms with Gasteiger partial charge in [-0.2, -0.15) is 13.2 Å². The summed E-state index contributed by atoms with van der Waals surface area (Å²) in [6.07, 6.45) is -3.61. The van der Waals surface area contributed by atoms with Crippen LogP contribution in [-0.2, 0) is 20.5 Å². The van der Waals surface area contributed by atoms with Gasteiger partial charge in [0.25, 0.3) is 0 Å². The van der Waals surface area contributed by atoms with E-state index in [-0.39, 0.29) is 12.2 Å². The molecule has 1 aliphatic heterocycles. The van der Waals surface area contributed by atoms with Crippen molar-refractivity contribution in [2.24, 2.45) is 0 Å². The maximum atomic E-state index is 13.4. The largest absolute Gasteiger partial charge is 0.418 e. The molecule has 142 valence electrons. The standard InChI is InChI=1S/C17H20F3N3O3/c1-3-16(25)22(2)11-15(24)21-14-5-4-12(10-13(14)17(18,19)20)23-6-8-26-9-7-23/h3-5,10H,1,6-9,11H2,2H3,(H,21,24). The van der Waals surface area contributed by atoms with Gasteiger partial charge in [-0.3, -0.25) is 9.59 Å². The lowest BCUT2D eigenvalue weighted by Crippen LogP contribution is -2.36. The van der Waals surface area contributed by atoms with Gasteiger partial charge in [-0.1, -0.05) is 6.58 Å². The molecule has 0 aliphatic carbocycles. The van der Waals surface area contributed by atoms with Crippen LogP contribution in [0.1, 0.15) is 5.56 Å². The highest BCUT2D eigenvalue weighted by Crippen LogP contribution is 2.37. The van der Waals surface area contributed by atoms with E-state index in [9.17, 15) is 22.8 Å². The molecular formula is C17H20F3N3O3. The SMILES string of the molecule is C=CC(=O)N(C)CC(=O)Nc1ccc(N2CCOCC2)cc1C(F)(F)F. The molecule has 26 heavy (non-hydrogen) atoms. The second kappa shape index (κ2) is 8.22. The van der Waals surface area contributed by atoms with Crippen LogP contribution in [0.4, 0.5) is 24.5 Å². The second-order valence-corrected chi connectivity index (χ2v) is 5.77. The summed E-state index contributed by atoms with van der Waals surface area (Å²) < 4.78 is 45.5. The van der Waals surface area contributed by atoms with Gasteiger partial charge in [-0.05, 0) is 24.3 Å². The van der Waals surface area contributed by atoms with Crippen LogP contribution >= 0.6 is 0 Å². The van der Waals surface area contributed by atoms with Crippen molar-refractivity contribution in [1.29, 1.82) is 0 Å². The molecule has 1 heterocycles. The average Bonchev–Trinajstić information content (AvgIpc) is 2.61. The van der Waals surface area contributed by atoms with Crippen molar-refractivity contribution in [2.45, 2.75) is 6.18 Å². The Morgan fingerprint density at radius 2 is 2.00 bits per heavy atom. The number of carbonyl (C=O) groups is 2. The normalized spacial score (nSPS) is 14.7. The maximum Gasteiger partial charge on any atom is 0.418 e. The van der Waals surface area contributed by atoms with Crippen LogP contribution in [0.15, 0.2) is 30.9 Å². The number of nitrogens with one attached hydrogen (secondary N) is 1. The van der Waals surface area contributed by atoms with E-state index in [1.807, 2.05) is 0 Å². The maximum absolute atomic E-state index is 13.4. The number of halogens is 3. The molecule has 0 spiro atoms. The Labute approximate surface area is 149 Å². The fourth-order valence-corrected chi connectivity index (χ4v) is 2.53.